The van der Waals surface area contributed by atoms with Crippen molar-refractivity contribution in [2.45, 2.75) is 43.9 Å². The van der Waals surface area contributed by atoms with Gasteiger partial charge in [-0.1, -0.05) is 19.9 Å². The number of carboxylic acid groups (broad SMARTS) is 1. The van der Waals surface area contributed by atoms with E-state index in [9.17, 15) is 29.8 Å². The smallest absolute Gasteiger partial charge is 0.342 e. The van der Waals surface area contributed by atoms with Crippen LogP contribution in [0.25, 0.3) is 11.0 Å². The number of pyridine rings is 1. The van der Waals surface area contributed by atoms with Crippen LogP contribution in [0.15, 0.2) is 65.7 Å². The second-order valence-corrected chi connectivity index (χ2v) is 11.9. The lowest BCUT2D eigenvalue weighted by Crippen LogP contribution is -2.33. The number of amides is 2. The molecule has 4 aromatic rings. The number of hydrogen-bond acceptors (Lipinski definition) is 9. The van der Waals surface area contributed by atoms with Crippen LogP contribution in [0.4, 0.5) is 27.7 Å². The summed E-state index contributed by atoms with van der Waals surface area (Å²) in [5.74, 6) is 0.568. The van der Waals surface area contributed by atoms with Gasteiger partial charge in [0, 0.05) is 22.8 Å². The maximum Gasteiger partial charge on any atom is 0.342 e. The molecule has 2 amide bonds. The quantitative estimate of drug-likeness (QED) is 0.0780. The van der Waals surface area contributed by atoms with Crippen LogP contribution in [0.3, 0.4) is 0 Å². The number of aromatic carboxylic acids is 1. The molecule has 14 nitrogen and oxygen atoms in total. The average molecular weight is 650 g/mol. The number of carbonyl (C=O) groups excluding carboxylic acids is 1. The molecule has 1 fully saturated rings. The molecule has 242 valence electrons. The van der Waals surface area contributed by atoms with Gasteiger partial charge < -0.3 is 20.3 Å². The van der Waals surface area contributed by atoms with E-state index in [1.54, 1.807) is 11.8 Å². The number of benzene rings is 2. The van der Waals surface area contributed by atoms with E-state index in [1.165, 1.54) is 18.5 Å². The number of thioether (sulfide) groups is 1. The van der Waals surface area contributed by atoms with E-state index in [0.29, 0.717) is 17.8 Å². The van der Waals surface area contributed by atoms with Crippen LogP contribution in [0.1, 0.15) is 54.9 Å². The third kappa shape index (κ3) is 8.79. The highest BCUT2D eigenvalue weighted by atomic mass is 32.2. The second kappa shape index (κ2) is 15.8. The van der Waals surface area contributed by atoms with E-state index in [4.69, 9.17) is 10.1 Å². The summed E-state index contributed by atoms with van der Waals surface area (Å²) in [6.07, 6.45) is 5.61. The minimum absolute atomic E-state index is 0.282. The summed E-state index contributed by atoms with van der Waals surface area (Å²) in [5, 5.41) is 35.1. The van der Waals surface area contributed by atoms with E-state index in [2.05, 4.69) is 40.6 Å². The molecule has 2 aromatic carbocycles. The van der Waals surface area contributed by atoms with Gasteiger partial charge in [-0.15, -0.1) is 11.8 Å². The van der Waals surface area contributed by atoms with Crippen molar-refractivity contribution in [3.8, 4) is 0 Å². The monoisotopic (exact) mass is 649 g/mol. The first kappa shape index (κ1) is 33.9. The van der Waals surface area contributed by atoms with Gasteiger partial charge in [-0.3, -0.25) is 25.5 Å². The Morgan fingerprint density at radius 3 is 2.46 bits per heavy atom. The van der Waals surface area contributed by atoms with Gasteiger partial charge in [-0.2, -0.15) is 0 Å². The Hall–Kier alpha value is -5.02. The molecule has 0 bridgehead atoms. The molecular formula is C31H35N7O7S. The van der Waals surface area contributed by atoms with Crippen LogP contribution in [0, 0.1) is 20.2 Å². The van der Waals surface area contributed by atoms with Gasteiger partial charge in [0.1, 0.15) is 11.4 Å². The van der Waals surface area contributed by atoms with Crippen LogP contribution in [0.5, 0.6) is 0 Å². The van der Waals surface area contributed by atoms with Gasteiger partial charge in [-0.05, 0) is 92.5 Å². The molecule has 0 spiro atoms. The number of anilines is 2. The van der Waals surface area contributed by atoms with Gasteiger partial charge in [0.2, 0.25) is 0 Å². The molecule has 0 radical (unpaired) electrons. The molecule has 0 saturated carbocycles. The Bertz CT molecular complexity index is 1720. The molecule has 3 heterocycles. The molecular weight excluding hydrogens is 614 g/mol. The fourth-order valence-corrected chi connectivity index (χ4v) is 5.98. The second-order valence-electron chi connectivity index (χ2n) is 10.5. The van der Waals surface area contributed by atoms with Crippen LogP contribution in [0.2, 0.25) is 0 Å². The number of nitrogens with one attached hydrogen (secondary N) is 3. The number of nitro benzene ring substituents is 2. The summed E-state index contributed by atoms with van der Waals surface area (Å²) in [6, 6.07) is 13.8. The first-order valence-electron chi connectivity index (χ1n) is 14.8. The normalized spacial score (nSPS) is 13.4. The summed E-state index contributed by atoms with van der Waals surface area (Å²) in [6.45, 7) is 7.81. The maximum atomic E-state index is 12.5. The first-order valence-corrected chi connectivity index (χ1v) is 15.8. The number of aromatic amines is 1. The van der Waals surface area contributed by atoms with Crippen molar-refractivity contribution in [2.75, 3.05) is 36.0 Å². The molecule has 46 heavy (non-hydrogen) atoms. The number of aromatic nitrogens is 2. The number of H-pyrrole nitrogens is 1. The number of carboxylic acids is 1. The predicted octanol–water partition coefficient (Wildman–Crippen LogP) is 7.11. The third-order valence-corrected chi connectivity index (χ3v) is 8.26. The summed E-state index contributed by atoms with van der Waals surface area (Å²) in [4.78, 5) is 53.8. The van der Waals surface area contributed by atoms with Gasteiger partial charge >= 0.3 is 12.0 Å². The molecule has 0 aliphatic carbocycles. The molecule has 2 aromatic heterocycles. The highest BCUT2D eigenvalue weighted by Gasteiger charge is 2.24. The minimum atomic E-state index is -1.50. The van der Waals surface area contributed by atoms with Crippen LogP contribution in [-0.2, 0) is 0 Å². The topological polar surface area (TPSA) is 197 Å². The highest BCUT2D eigenvalue weighted by Crippen LogP contribution is 2.33. The number of non-ortho nitro benzene ring substituents is 1. The lowest BCUT2D eigenvalue weighted by molar-refractivity contribution is -0.394. The first-order chi connectivity index (χ1) is 22.1. The Morgan fingerprint density at radius 1 is 1.04 bits per heavy atom. The Kier molecular flexibility index (Phi) is 11.6. The average Bonchev–Trinajstić information content (AvgIpc) is 3.45. The third-order valence-electron chi connectivity index (χ3n) is 7.38. The number of rotatable bonds is 10. The van der Waals surface area contributed by atoms with Crippen molar-refractivity contribution in [1.29, 1.82) is 0 Å². The summed E-state index contributed by atoms with van der Waals surface area (Å²) in [5.41, 5.74) is 2.13. The van der Waals surface area contributed by atoms with Crippen molar-refractivity contribution >= 4 is 57.7 Å². The molecule has 1 aliphatic heterocycles. The lowest BCUT2D eigenvalue weighted by atomic mass is 9.90. The summed E-state index contributed by atoms with van der Waals surface area (Å²) >= 11 is 1.75. The van der Waals surface area contributed by atoms with E-state index in [1.807, 2.05) is 36.4 Å². The molecule has 1 aliphatic rings. The number of likely N-dealkylation sites (tertiary alicyclic amines) is 1. The SMILES string of the molecule is CCCN1CCC(c2c[nH]c3ccc(NC(=O)Nc4cccc(SCC)c4)nc23)CC1.O=C(O)c1ccc([N+](=O)[O-])cc1[N+](=O)[O-]. The standard InChI is InChI=1S/C24H31N5OS.C7H4N2O6/c1-3-12-29-13-10-17(11-14-29)20-16-25-21-8-9-22(27-23(20)21)28-24(30)26-18-6-5-7-19(15-18)31-4-2;10-7(11)5-2-1-4(8(12)13)3-6(5)9(14)15/h5-9,15-17,25H,3-4,10-14H2,1-2H3,(H2,26,27,28,30);1-3H,(H,10,11). The van der Waals surface area contributed by atoms with Gasteiger partial charge in [0.05, 0.1) is 26.9 Å². The van der Waals surface area contributed by atoms with Crippen LogP contribution >= 0.6 is 11.8 Å². The Morgan fingerprint density at radius 2 is 1.80 bits per heavy atom. The zero-order valence-electron chi connectivity index (χ0n) is 25.4. The Labute approximate surface area is 268 Å². The molecule has 0 atom stereocenters. The molecule has 0 unspecified atom stereocenters. The fraction of sp³-hybridized carbons (Fsp3) is 0.323. The number of carbonyl (C=O) groups is 2. The van der Waals surface area contributed by atoms with E-state index >= 15 is 0 Å². The van der Waals surface area contributed by atoms with Gasteiger partial charge in [0.25, 0.3) is 11.4 Å². The number of nitro groups is 2. The van der Waals surface area contributed by atoms with Gasteiger partial charge in [-0.25, -0.2) is 14.6 Å². The number of piperidine rings is 1. The van der Waals surface area contributed by atoms with E-state index in [0.717, 1.165) is 65.4 Å². The van der Waals surface area contributed by atoms with Crippen molar-refractivity contribution in [2.24, 2.45) is 0 Å². The van der Waals surface area contributed by atoms with Crippen molar-refractivity contribution in [3.63, 3.8) is 0 Å². The molecule has 1 saturated heterocycles. The van der Waals surface area contributed by atoms with Crippen molar-refractivity contribution in [3.05, 3.63) is 92.1 Å². The zero-order valence-corrected chi connectivity index (χ0v) is 26.2. The number of nitrogens with zero attached hydrogens (tertiary/aromatic N) is 4. The zero-order chi connectivity index (χ0) is 33.2. The summed E-state index contributed by atoms with van der Waals surface area (Å²) in [7, 11) is 0. The van der Waals surface area contributed by atoms with Crippen molar-refractivity contribution < 1.29 is 24.5 Å². The van der Waals surface area contributed by atoms with Gasteiger partial charge in [0.15, 0.2) is 0 Å². The molecule has 15 heteroatoms. The number of fused-ring (bicyclic) bond motifs is 1. The fourth-order valence-electron chi connectivity index (χ4n) is 5.26. The van der Waals surface area contributed by atoms with Crippen LogP contribution in [-0.4, -0.2) is 67.2 Å². The maximum absolute atomic E-state index is 12.5. The number of hydrogen-bond donors (Lipinski definition) is 4. The lowest BCUT2D eigenvalue weighted by Gasteiger charge is -2.31. The number of urea groups is 1. The summed E-state index contributed by atoms with van der Waals surface area (Å²) < 4.78 is 0. The minimum Gasteiger partial charge on any atom is -0.477 e. The Balaban J connectivity index is 0.000000270. The van der Waals surface area contributed by atoms with Crippen molar-refractivity contribution in [1.82, 2.24) is 14.9 Å². The van der Waals surface area contributed by atoms with Crippen LogP contribution < -0.4 is 10.6 Å². The van der Waals surface area contributed by atoms with E-state index < -0.39 is 32.8 Å². The highest BCUT2D eigenvalue weighted by molar-refractivity contribution is 7.99. The molecule has 5 rings (SSSR count). The van der Waals surface area contributed by atoms with E-state index in [-0.39, 0.29) is 6.03 Å². The largest absolute Gasteiger partial charge is 0.477 e. The molecule has 4 N–H and O–H groups in total. The predicted molar refractivity (Wildman–Crippen MR) is 177 cm³/mol.